The van der Waals surface area contributed by atoms with Crippen molar-refractivity contribution in [3.05, 3.63) is 17.3 Å². The minimum atomic E-state index is -0.770. The molecule has 0 saturated heterocycles. The summed E-state index contributed by atoms with van der Waals surface area (Å²) in [6, 6.07) is 0. The zero-order chi connectivity index (χ0) is 15.8. The highest BCUT2D eigenvalue weighted by Gasteiger charge is 2.16. The summed E-state index contributed by atoms with van der Waals surface area (Å²) in [6.45, 7) is 6.03. The largest absolute Gasteiger partial charge is 0.481 e. The molecule has 0 aromatic carbocycles. The van der Waals surface area contributed by atoms with E-state index in [0.29, 0.717) is 30.5 Å². The van der Waals surface area contributed by atoms with Crippen molar-refractivity contribution in [2.45, 2.75) is 52.9 Å². The number of oxazole rings is 1. The van der Waals surface area contributed by atoms with E-state index in [9.17, 15) is 9.59 Å². The van der Waals surface area contributed by atoms with E-state index in [-0.39, 0.29) is 18.1 Å². The van der Waals surface area contributed by atoms with Crippen molar-refractivity contribution in [1.82, 2.24) is 10.3 Å². The van der Waals surface area contributed by atoms with Gasteiger partial charge in [0.2, 0.25) is 5.76 Å². The average molecular weight is 296 g/mol. The molecule has 0 aliphatic rings. The van der Waals surface area contributed by atoms with Crippen molar-refractivity contribution in [3.63, 3.8) is 0 Å². The summed E-state index contributed by atoms with van der Waals surface area (Å²) in [5, 5.41) is 11.5. The van der Waals surface area contributed by atoms with Gasteiger partial charge < -0.3 is 14.8 Å². The van der Waals surface area contributed by atoms with Crippen molar-refractivity contribution in [3.8, 4) is 0 Å². The Labute approximate surface area is 124 Å². The van der Waals surface area contributed by atoms with E-state index in [1.807, 2.05) is 0 Å². The second-order valence-electron chi connectivity index (χ2n) is 5.28. The number of hydrogen-bond acceptors (Lipinski definition) is 4. The number of amides is 1. The number of carboxylic acids is 1. The minimum absolute atomic E-state index is 0.180. The summed E-state index contributed by atoms with van der Waals surface area (Å²) >= 11 is 0. The van der Waals surface area contributed by atoms with E-state index in [2.05, 4.69) is 17.2 Å². The van der Waals surface area contributed by atoms with Gasteiger partial charge in [-0.3, -0.25) is 9.59 Å². The summed E-state index contributed by atoms with van der Waals surface area (Å²) < 4.78 is 5.26. The molecule has 1 heterocycles. The number of aliphatic carboxylic acids is 1. The van der Waals surface area contributed by atoms with Crippen molar-refractivity contribution in [1.29, 1.82) is 0 Å². The molecular formula is C15H24N2O4. The SMILES string of the molecule is CCCC(CCNC(=O)c1oc(C)nc1C)CCC(=O)O. The third-order valence-corrected chi connectivity index (χ3v) is 3.41. The molecule has 1 aromatic heterocycles. The molecule has 0 saturated carbocycles. The first kappa shape index (κ1) is 17.2. The number of nitrogens with zero attached hydrogens (tertiary/aromatic N) is 1. The Morgan fingerprint density at radius 2 is 2.00 bits per heavy atom. The fraction of sp³-hybridized carbons (Fsp3) is 0.667. The predicted molar refractivity (Wildman–Crippen MR) is 78.2 cm³/mol. The molecule has 118 valence electrons. The van der Waals surface area contributed by atoms with Crippen LogP contribution in [-0.2, 0) is 4.79 Å². The molecule has 0 radical (unpaired) electrons. The Kier molecular flexibility index (Phi) is 6.91. The number of aryl methyl sites for hydroxylation is 2. The number of hydrogen-bond donors (Lipinski definition) is 2. The molecular weight excluding hydrogens is 272 g/mol. The summed E-state index contributed by atoms with van der Waals surface area (Å²) in [5.41, 5.74) is 0.584. The smallest absolute Gasteiger partial charge is 0.303 e. The Morgan fingerprint density at radius 1 is 1.29 bits per heavy atom. The molecule has 1 aromatic rings. The topological polar surface area (TPSA) is 92.4 Å². The van der Waals surface area contributed by atoms with Crippen molar-refractivity contribution >= 4 is 11.9 Å². The second kappa shape index (κ2) is 8.44. The molecule has 0 aliphatic heterocycles. The lowest BCUT2D eigenvalue weighted by molar-refractivity contribution is -0.137. The number of carbonyl (C=O) groups excluding carboxylic acids is 1. The van der Waals surface area contributed by atoms with Crippen LogP contribution < -0.4 is 5.32 Å². The van der Waals surface area contributed by atoms with E-state index in [1.54, 1.807) is 13.8 Å². The van der Waals surface area contributed by atoms with Gasteiger partial charge in [-0.15, -0.1) is 0 Å². The molecule has 21 heavy (non-hydrogen) atoms. The lowest BCUT2D eigenvalue weighted by Crippen LogP contribution is -2.26. The van der Waals surface area contributed by atoms with Crippen molar-refractivity contribution < 1.29 is 19.1 Å². The molecule has 1 amide bonds. The number of nitrogens with one attached hydrogen (secondary N) is 1. The number of rotatable bonds is 9. The zero-order valence-electron chi connectivity index (χ0n) is 12.9. The van der Waals surface area contributed by atoms with Crippen LogP contribution in [0.3, 0.4) is 0 Å². The maximum atomic E-state index is 11.9. The van der Waals surface area contributed by atoms with Crippen molar-refractivity contribution in [2.24, 2.45) is 5.92 Å². The fourth-order valence-electron chi connectivity index (χ4n) is 2.38. The Bertz CT molecular complexity index is 482. The highest BCUT2D eigenvalue weighted by molar-refractivity contribution is 5.92. The minimum Gasteiger partial charge on any atom is -0.481 e. The van der Waals surface area contributed by atoms with Crippen LogP contribution in [0.5, 0.6) is 0 Å². The number of carbonyl (C=O) groups is 2. The van der Waals surface area contributed by atoms with Crippen LogP contribution >= 0.6 is 0 Å². The summed E-state index contributed by atoms with van der Waals surface area (Å²) in [4.78, 5) is 26.6. The molecule has 2 N–H and O–H groups in total. The maximum Gasteiger partial charge on any atom is 0.303 e. The molecule has 1 atom stereocenters. The Morgan fingerprint density at radius 3 is 2.52 bits per heavy atom. The molecule has 1 rings (SSSR count). The van der Waals surface area contributed by atoms with Gasteiger partial charge in [-0.2, -0.15) is 0 Å². The van der Waals surface area contributed by atoms with Crippen LogP contribution in [0, 0.1) is 19.8 Å². The lowest BCUT2D eigenvalue weighted by atomic mass is 9.94. The number of carboxylic acid groups (broad SMARTS) is 1. The first-order valence-corrected chi connectivity index (χ1v) is 7.38. The maximum absolute atomic E-state index is 11.9. The summed E-state index contributed by atoms with van der Waals surface area (Å²) in [5.74, 6) is 0.0199. The van der Waals surface area contributed by atoms with Gasteiger partial charge in [0.05, 0.1) is 5.69 Å². The molecule has 0 fully saturated rings. The summed E-state index contributed by atoms with van der Waals surface area (Å²) in [6.07, 6.45) is 3.60. The van der Waals surface area contributed by atoms with E-state index < -0.39 is 5.97 Å². The van der Waals surface area contributed by atoms with Crippen molar-refractivity contribution in [2.75, 3.05) is 6.54 Å². The van der Waals surface area contributed by atoms with Crippen LogP contribution in [0.1, 0.15) is 61.2 Å². The van der Waals surface area contributed by atoms with Crippen LogP contribution in [0.4, 0.5) is 0 Å². The van der Waals surface area contributed by atoms with E-state index in [4.69, 9.17) is 9.52 Å². The van der Waals surface area contributed by atoms with Gasteiger partial charge in [0.1, 0.15) is 0 Å². The van der Waals surface area contributed by atoms with Gasteiger partial charge in [-0.1, -0.05) is 19.8 Å². The first-order chi connectivity index (χ1) is 9.93. The zero-order valence-corrected chi connectivity index (χ0v) is 12.9. The van der Waals surface area contributed by atoms with Gasteiger partial charge in [0, 0.05) is 19.9 Å². The van der Waals surface area contributed by atoms with Crippen LogP contribution in [0.2, 0.25) is 0 Å². The number of aromatic nitrogens is 1. The quantitative estimate of drug-likeness (QED) is 0.731. The van der Waals surface area contributed by atoms with Gasteiger partial charge in [-0.25, -0.2) is 4.98 Å². The fourth-order valence-corrected chi connectivity index (χ4v) is 2.38. The van der Waals surface area contributed by atoms with Gasteiger partial charge in [0.25, 0.3) is 5.91 Å². The molecule has 0 aliphatic carbocycles. The lowest BCUT2D eigenvalue weighted by Gasteiger charge is -2.15. The Balaban J connectivity index is 2.40. The van der Waals surface area contributed by atoms with E-state index in [0.717, 1.165) is 19.3 Å². The van der Waals surface area contributed by atoms with E-state index >= 15 is 0 Å². The highest BCUT2D eigenvalue weighted by Crippen LogP contribution is 2.17. The molecule has 6 heteroatoms. The third-order valence-electron chi connectivity index (χ3n) is 3.41. The van der Waals surface area contributed by atoms with Crippen LogP contribution in [-0.4, -0.2) is 28.5 Å². The third kappa shape index (κ3) is 5.97. The van der Waals surface area contributed by atoms with E-state index in [1.165, 1.54) is 0 Å². The Hall–Kier alpha value is -1.85. The summed E-state index contributed by atoms with van der Waals surface area (Å²) in [7, 11) is 0. The standard InChI is InChI=1S/C15H24N2O4/c1-4-5-12(6-7-13(18)19)8-9-16-15(20)14-10(2)17-11(3)21-14/h12H,4-9H2,1-3H3,(H,16,20)(H,18,19). The van der Waals surface area contributed by atoms with Gasteiger partial charge >= 0.3 is 5.97 Å². The second-order valence-corrected chi connectivity index (χ2v) is 5.28. The highest BCUT2D eigenvalue weighted by atomic mass is 16.4. The van der Waals surface area contributed by atoms with Crippen LogP contribution in [0.15, 0.2) is 4.42 Å². The molecule has 0 spiro atoms. The average Bonchev–Trinajstić information content (AvgIpc) is 2.74. The first-order valence-electron chi connectivity index (χ1n) is 7.38. The predicted octanol–water partition coefficient (Wildman–Crippen LogP) is 2.69. The normalized spacial score (nSPS) is 12.1. The molecule has 1 unspecified atom stereocenters. The monoisotopic (exact) mass is 296 g/mol. The molecule has 0 bridgehead atoms. The van der Waals surface area contributed by atoms with Gasteiger partial charge in [0.15, 0.2) is 5.89 Å². The van der Waals surface area contributed by atoms with Crippen LogP contribution in [0.25, 0.3) is 0 Å². The van der Waals surface area contributed by atoms with Gasteiger partial charge in [-0.05, 0) is 25.7 Å². The molecule has 6 nitrogen and oxygen atoms in total.